The van der Waals surface area contributed by atoms with Crippen LogP contribution in [0.2, 0.25) is 0 Å². The van der Waals surface area contributed by atoms with Crippen molar-refractivity contribution in [1.82, 2.24) is 20.9 Å². The number of guanidine groups is 1. The molecule has 148 valence electrons. The highest BCUT2D eigenvalue weighted by Gasteiger charge is 2.27. The number of nitrogens with zero attached hydrogens (tertiary/aromatic N) is 2. The summed E-state index contributed by atoms with van der Waals surface area (Å²) in [4.78, 5) is 29.1. The summed E-state index contributed by atoms with van der Waals surface area (Å²) in [7, 11) is 0. The van der Waals surface area contributed by atoms with Crippen molar-refractivity contribution in [2.24, 2.45) is 10.9 Å². The summed E-state index contributed by atoms with van der Waals surface area (Å²) in [5.41, 5.74) is 1.29. The lowest BCUT2D eigenvalue weighted by atomic mass is 9.97. The molecule has 1 fully saturated rings. The van der Waals surface area contributed by atoms with E-state index in [9.17, 15) is 9.59 Å². The van der Waals surface area contributed by atoms with Crippen LogP contribution in [0.5, 0.6) is 0 Å². The van der Waals surface area contributed by atoms with Crippen molar-refractivity contribution in [3.63, 3.8) is 0 Å². The molecule has 0 bridgehead atoms. The van der Waals surface area contributed by atoms with Gasteiger partial charge in [0.05, 0.1) is 6.54 Å². The number of urea groups is 1. The van der Waals surface area contributed by atoms with Gasteiger partial charge in [-0.05, 0) is 37.0 Å². The van der Waals surface area contributed by atoms with Crippen LogP contribution in [0, 0.1) is 5.92 Å². The number of aliphatic imine (C=N–C) groups is 1. The molecular formula is C19H28BrN5O2. The fraction of sp³-hybridized carbons (Fsp3) is 0.526. The Balaban J connectivity index is 1.86. The Labute approximate surface area is 169 Å². The van der Waals surface area contributed by atoms with E-state index < -0.39 is 0 Å². The summed E-state index contributed by atoms with van der Waals surface area (Å²) in [5, 5.41) is 8.93. The lowest BCUT2D eigenvalue weighted by molar-refractivity contribution is -0.124. The van der Waals surface area contributed by atoms with Crippen LogP contribution in [0.25, 0.3) is 0 Å². The van der Waals surface area contributed by atoms with E-state index in [1.54, 1.807) is 0 Å². The van der Waals surface area contributed by atoms with Crippen molar-refractivity contribution in [3.05, 3.63) is 34.3 Å². The van der Waals surface area contributed by atoms with E-state index in [2.05, 4.69) is 62.0 Å². The highest BCUT2D eigenvalue weighted by Crippen LogP contribution is 2.17. The third-order valence-electron chi connectivity index (χ3n) is 4.41. The van der Waals surface area contributed by atoms with Gasteiger partial charge in [0.25, 0.3) is 0 Å². The number of halogens is 1. The second kappa shape index (κ2) is 10.9. The van der Waals surface area contributed by atoms with Gasteiger partial charge < -0.3 is 16.0 Å². The molecule has 8 heteroatoms. The summed E-state index contributed by atoms with van der Waals surface area (Å²) in [6, 6.07) is 8.04. The van der Waals surface area contributed by atoms with Crippen molar-refractivity contribution < 1.29 is 9.59 Å². The molecule has 0 saturated carbocycles. The molecule has 1 aromatic rings. The van der Waals surface area contributed by atoms with E-state index in [4.69, 9.17) is 0 Å². The number of imide groups is 1. The zero-order valence-corrected chi connectivity index (χ0v) is 17.5. The molecule has 1 aromatic carbocycles. The molecule has 1 heterocycles. The second-order valence-corrected chi connectivity index (χ2v) is 7.37. The monoisotopic (exact) mass is 437 g/mol. The first kappa shape index (κ1) is 21.2. The standard InChI is InChI=1S/C19H28BrN5O2/c1-3-14(10-15-6-5-7-16(20)11-15)12-23-18(21-4-2)22-8-9-25-17(26)13-24-19(25)27/h5-7,11,14H,3-4,8-10,12-13H2,1-2H3,(H,24,27)(H2,21,22,23). The average Bonchev–Trinajstić information content (AvgIpc) is 2.97. The van der Waals surface area contributed by atoms with Crippen LogP contribution in [-0.2, 0) is 11.2 Å². The molecule has 0 radical (unpaired) electrons. The summed E-state index contributed by atoms with van der Waals surface area (Å²) in [6.07, 6.45) is 2.01. The third-order valence-corrected chi connectivity index (χ3v) is 4.90. The zero-order chi connectivity index (χ0) is 19.6. The van der Waals surface area contributed by atoms with E-state index in [0.717, 1.165) is 23.9 Å². The number of amides is 3. The first-order chi connectivity index (χ1) is 13.0. The Morgan fingerprint density at radius 2 is 2.15 bits per heavy atom. The third kappa shape index (κ3) is 6.86. The van der Waals surface area contributed by atoms with Gasteiger partial charge in [-0.3, -0.25) is 14.7 Å². The molecule has 27 heavy (non-hydrogen) atoms. The van der Waals surface area contributed by atoms with Crippen LogP contribution in [0.15, 0.2) is 33.7 Å². The molecule has 0 aromatic heterocycles. The van der Waals surface area contributed by atoms with Crippen LogP contribution < -0.4 is 16.0 Å². The summed E-state index contributed by atoms with van der Waals surface area (Å²) >= 11 is 3.52. The Hall–Kier alpha value is -2.09. The fourth-order valence-corrected chi connectivity index (χ4v) is 3.31. The predicted molar refractivity (Wildman–Crippen MR) is 111 cm³/mol. The normalized spacial score (nSPS) is 15.7. The van der Waals surface area contributed by atoms with Crippen LogP contribution in [0.4, 0.5) is 4.79 Å². The van der Waals surface area contributed by atoms with E-state index in [1.807, 2.05) is 13.0 Å². The topological polar surface area (TPSA) is 85.8 Å². The molecule has 1 aliphatic heterocycles. The number of nitrogens with one attached hydrogen (secondary N) is 3. The lowest BCUT2D eigenvalue weighted by Gasteiger charge is -2.17. The molecule has 1 atom stereocenters. The molecule has 2 rings (SSSR count). The lowest BCUT2D eigenvalue weighted by Crippen LogP contribution is -2.43. The van der Waals surface area contributed by atoms with Gasteiger partial charge in [0.2, 0.25) is 5.91 Å². The van der Waals surface area contributed by atoms with Crippen LogP contribution in [0.3, 0.4) is 0 Å². The molecule has 0 aliphatic carbocycles. The smallest absolute Gasteiger partial charge is 0.324 e. The van der Waals surface area contributed by atoms with E-state index >= 15 is 0 Å². The summed E-state index contributed by atoms with van der Waals surface area (Å²) in [6.45, 7) is 6.51. The van der Waals surface area contributed by atoms with Gasteiger partial charge in [-0.25, -0.2) is 4.79 Å². The van der Waals surface area contributed by atoms with Gasteiger partial charge in [0, 0.05) is 30.7 Å². The molecule has 3 amide bonds. The van der Waals surface area contributed by atoms with Crippen molar-refractivity contribution in [2.75, 3.05) is 32.7 Å². The number of carbonyl (C=O) groups excluding carboxylic acids is 2. The van der Waals surface area contributed by atoms with E-state index in [1.165, 1.54) is 10.5 Å². The molecule has 1 aliphatic rings. The van der Waals surface area contributed by atoms with Gasteiger partial charge in [-0.2, -0.15) is 0 Å². The maximum Gasteiger partial charge on any atom is 0.324 e. The molecule has 3 N–H and O–H groups in total. The van der Waals surface area contributed by atoms with Gasteiger partial charge in [0.15, 0.2) is 5.96 Å². The van der Waals surface area contributed by atoms with Gasteiger partial charge in [-0.15, -0.1) is 0 Å². The maximum atomic E-state index is 11.6. The number of rotatable bonds is 9. The Morgan fingerprint density at radius 1 is 1.33 bits per heavy atom. The van der Waals surface area contributed by atoms with Gasteiger partial charge in [0.1, 0.15) is 0 Å². The zero-order valence-electron chi connectivity index (χ0n) is 15.9. The average molecular weight is 438 g/mol. The molecule has 1 unspecified atom stereocenters. The van der Waals surface area contributed by atoms with Gasteiger partial charge >= 0.3 is 6.03 Å². The molecular weight excluding hydrogens is 410 g/mol. The Bertz CT molecular complexity index is 664. The summed E-state index contributed by atoms with van der Waals surface area (Å²) in [5.74, 6) is 0.960. The molecule has 0 spiro atoms. The first-order valence-corrected chi connectivity index (χ1v) is 10.2. The second-order valence-electron chi connectivity index (χ2n) is 6.46. The molecule has 7 nitrogen and oxygen atoms in total. The van der Waals surface area contributed by atoms with Crippen molar-refractivity contribution >= 4 is 33.8 Å². The molecule has 1 saturated heterocycles. The number of carbonyl (C=O) groups is 2. The summed E-state index contributed by atoms with van der Waals surface area (Å²) < 4.78 is 1.09. The van der Waals surface area contributed by atoms with Crippen LogP contribution in [-0.4, -0.2) is 55.5 Å². The minimum Gasteiger partial charge on any atom is -0.357 e. The number of hydrogen-bond acceptors (Lipinski definition) is 3. The maximum absolute atomic E-state index is 11.6. The number of benzene rings is 1. The number of hydrogen-bond donors (Lipinski definition) is 3. The van der Waals surface area contributed by atoms with Crippen LogP contribution >= 0.6 is 15.9 Å². The quantitative estimate of drug-likeness (QED) is 0.313. The minimum absolute atomic E-state index is 0.0841. The van der Waals surface area contributed by atoms with Crippen molar-refractivity contribution in [2.45, 2.75) is 26.7 Å². The predicted octanol–water partition coefficient (Wildman–Crippen LogP) is 2.12. The van der Waals surface area contributed by atoms with E-state index in [-0.39, 0.29) is 18.5 Å². The Kier molecular flexibility index (Phi) is 8.57. The fourth-order valence-electron chi connectivity index (χ4n) is 2.87. The van der Waals surface area contributed by atoms with Crippen molar-refractivity contribution in [3.8, 4) is 0 Å². The van der Waals surface area contributed by atoms with Gasteiger partial charge in [-0.1, -0.05) is 41.4 Å². The van der Waals surface area contributed by atoms with E-state index in [0.29, 0.717) is 31.5 Å². The highest BCUT2D eigenvalue weighted by molar-refractivity contribution is 9.10. The highest BCUT2D eigenvalue weighted by atomic mass is 79.9. The SMILES string of the molecule is CCNC(=NCC(CC)Cc1cccc(Br)c1)NCCN1C(=O)CNC1=O. The minimum atomic E-state index is -0.330. The van der Waals surface area contributed by atoms with Crippen molar-refractivity contribution in [1.29, 1.82) is 0 Å². The van der Waals surface area contributed by atoms with Crippen LogP contribution in [0.1, 0.15) is 25.8 Å². The Morgan fingerprint density at radius 3 is 2.78 bits per heavy atom. The largest absolute Gasteiger partial charge is 0.357 e. The first-order valence-electron chi connectivity index (χ1n) is 9.38.